The third kappa shape index (κ3) is 2.75. The molecule has 0 radical (unpaired) electrons. The van der Waals surface area contributed by atoms with Gasteiger partial charge >= 0.3 is 0 Å². The average molecular weight is 296 g/mol. The molecule has 0 aliphatic carbocycles. The van der Waals surface area contributed by atoms with Gasteiger partial charge in [0, 0.05) is 17.4 Å². The molecule has 1 aliphatic heterocycles. The van der Waals surface area contributed by atoms with E-state index >= 15 is 0 Å². The summed E-state index contributed by atoms with van der Waals surface area (Å²) in [5, 5.41) is 0. The summed E-state index contributed by atoms with van der Waals surface area (Å²) in [6.45, 7) is 2.87. The molecule has 0 unspecified atom stereocenters. The smallest absolute Gasteiger partial charge is 0.255 e. The van der Waals surface area contributed by atoms with Crippen LogP contribution in [0.5, 0.6) is 0 Å². The number of rotatable bonds is 1. The van der Waals surface area contributed by atoms with Gasteiger partial charge in [-0.15, -0.1) is 0 Å². The molecule has 0 atom stereocenters. The first-order valence-corrected chi connectivity index (χ1v) is 6.44. The van der Waals surface area contributed by atoms with Crippen molar-refractivity contribution in [3.05, 3.63) is 33.8 Å². The predicted octanol–water partition coefficient (Wildman–Crippen LogP) is 2.56. The Morgan fingerprint density at radius 1 is 1.41 bits per heavy atom. The topological polar surface area (TPSA) is 37.4 Å². The van der Waals surface area contributed by atoms with E-state index in [1.54, 1.807) is 4.90 Å². The van der Waals surface area contributed by atoms with Crippen LogP contribution < -0.4 is 0 Å². The number of piperidine rings is 1. The predicted molar refractivity (Wildman–Crippen MR) is 69.0 cm³/mol. The Kier molecular flexibility index (Phi) is 3.62. The average Bonchev–Trinajstić information content (AvgIpc) is 2.31. The van der Waals surface area contributed by atoms with Gasteiger partial charge in [0.1, 0.15) is 0 Å². The molecule has 1 amide bonds. The molecule has 1 aromatic carbocycles. The minimum Gasteiger partial charge on any atom is -0.331 e. The fourth-order valence-corrected chi connectivity index (χ4v) is 2.40. The van der Waals surface area contributed by atoms with Gasteiger partial charge in [-0.3, -0.25) is 9.59 Å². The van der Waals surface area contributed by atoms with Crippen LogP contribution in [-0.4, -0.2) is 29.7 Å². The van der Waals surface area contributed by atoms with Crippen LogP contribution >= 0.6 is 15.9 Å². The van der Waals surface area contributed by atoms with E-state index in [9.17, 15) is 9.59 Å². The number of benzene rings is 1. The van der Waals surface area contributed by atoms with Gasteiger partial charge in [-0.1, -0.05) is 11.6 Å². The minimum absolute atomic E-state index is 0.0615. The largest absolute Gasteiger partial charge is 0.331 e. The molecular formula is C13H14BrNO2. The van der Waals surface area contributed by atoms with Crippen molar-refractivity contribution in [1.29, 1.82) is 0 Å². The number of Topliss-reactive ketones (excluding diaryl/α,β-unsaturated/α-hetero) is 1. The van der Waals surface area contributed by atoms with E-state index in [1.165, 1.54) is 0 Å². The lowest BCUT2D eigenvalue weighted by atomic mass is 10.1. The Labute approximate surface area is 109 Å². The quantitative estimate of drug-likeness (QED) is 0.798. The zero-order chi connectivity index (χ0) is 12.4. The van der Waals surface area contributed by atoms with Crippen molar-refractivity contribution in [2.45, 2.75) is 19.8 Å². The van der Waals surface area contributed by atoms with E-state index in [4.69, 9.17) is 0 Å². The second-order valence-corrected chi connectivity index (χ2v) is 5.21. The zero-order valence-electron chi connectivity index (χ0n) is 9.70. The van der Waals surface area contributed by atoms with E-state index in [0.717, 1.165) is 16.5 Å². The number of carbonyl (C=O) groups excluding carboxylic acids is 2. The molecule has 0 bridgehead atoms. The third-order valence-corrected chi connectivity index (χ3v) is 3.58. The van der Waals surface area contributed by atoms with Crippen LogP contribution in [0.2, 0.25) is 0 Å². The summed E-state index contributed by atoms with van der Waals surface area (Å²) in [6.07, 6.45) is 1.37. The molecule has 90 valence electrons. The molecule has 0 saturated carbocycles. The first-order valence-electron chi connectivity index (χ1n) is 5.65. The highest BCUT2D eigenvalue weighted by atomic mass is 79.9. The van der Waals surface area contributed by atoms with E-state index in [2.05, 4.69) is 15.9 Å². The molecule has 3 nitrogen and oxygen atoms in total. The number of likely N-dealkylation sites (tertiary alicyclic amines) is 1. The third-order valence-electron chi connectivity index (χ3n) is 2.89. The number of halogens is 1. The molecule has 1 saturated heterocycles. The highest BCUT2D eigenvalue weighted by Gasteiger charge is 2.23. The number of aryl methyl sites for hydroxylation is 1. The van der Waals surface area contributed by atoms with Crippen molar-refractivity contribution in [3.63, 3.8) is 0 Å². The minimum atomic E-state index is -0.0615. The highest BCUT2D eigenvalue weighted by Crippen LogP contribution is 2.21. The Bertz CT molecular complexity index is 470. The van der Waals surface area contributed by atoms with Crippen molar-refractivity contribution in [1.82, 2.24) is 4.90 Å². The first kappa shape index (κ1) is 12.3. The standard InChI is InChI=1S/C13H14BrNO2/c1-9-4-5-12(14)11(7-9)13(17)15-6-2-3-10(16)8-15/h4-5,7H,2-3,6,8H2,1H3. The van der Waals surface area contributed by atoms with Crippen LogP contribution in [-0.2, 0) is 4.79 Å². The van der Waals surface area contributed by atoms with Crippen LogP contribution in [0, 0.1) is 6.92 Å². The zero-order valence-corrected chi connectivity index (χ0v) is 11.3. The van der Waals surface area contributed by atoms with Gasteiger partial charge in [-0.05, 0) is 41.4 Å². The van der Waals surface area contributed by atoms with Gasteiger partial charge in [0.15, 0.2) is 5.78 Å². The van der Waals surface area contributed by atoms with E-state index < -0.39 is 0 Å². The summed E-state index contributed by atoms with van der Waals surface area (Å²) >= 11 is 3.38. The molecule has 2 rings (SSSR count). The Balaban J connectivity index is 2.24. The fraction of sp³-hybridized carbons (Fsp3) is 0.385. The van der Waals surface area contributed by atoms with Crippen LogP contribution in [0.25, 0.3) is 0 Å². The Morgan fingerprint density at radius 3 is 2.88 bits per heavy atom. The molecule has 17 heavy (non-hydrogen) atoms. The lowest BCUT2D eigenvalue weighted by molar-refractivity contribution is -0.121. The molecular weight excluding hydrogens is 282 g/mol. The Morgan fingerprint density at radius 2 is 2.18 bits per heavy atom. The maximum Gasteiger partial charge on any atom is 0.255 e. The number of hydrogen-bond donors (Lipinski definition) is 0. The van der Waals surface area contributed by atoms with Gasteiger partial charge in [-0.25, -0.2) is 0 Å². The van der Waals surface area contributed by atoms with E-state index in [0.29, 0.717) is 18.5 Å². The maximum atomic E-state index is 12.3. The number of nitrogens with zero attached hydrogens (tertiary/aromatic N) is 1. The molecule has 1 aliphatic rings. The van der Waals surface area contributed by atoms with Crippen LogP contribution in [0.15, 0.2) is 22.7 Å². The maximum absolute atomic E-state index is 12.3. The van der Waals surface area contributed by atoms with Crippen LogP contribution in [0.4, 0.5) is 0 Å². The molecule has 1 fully saturated rings. The molecule has 0 spiro atoms. The van der Waals surface area contributed by atoms with Gasteiger partial charge in [0.05, 0.1) is 12.1 Å². The molecule has 0 N–H and O–H groups in total. The van der Waals surface area contributed by atoms with Crippen molar-refractivity contribution in [2.75, 3.05) is 13.1 Å². The Hall–Kier alpha value is -1.16. The summed E-state index contributed by atoms with van der Waals surface area (Å²) in [5.74, 6) is 0.0852. The number of carbonyl (C=O) groups is 2. The number of amides is 1. The van der Waals surface area contributed by atoms with E-state index in [-0.39, 0.29) is 18.2 Å². The summed E-state index contributed by atoms with van der Waals surface area (Å²) in [7, 11) is 0. The second kappa shape index (κ2) is 5.00. The normalized spacial score (nSPS) is 16.1. The van der Waals surface area contributed by atoms with Gasteiger partial charge in [-0.2, -0.15) is 0 Å². The van der Waals surface area contributed by atoms with Gasteiger partial charge < -0.3 is 4.90 Å². The molecule has 4 heteroatoms. The monoisotopic (exact) mass is 295 g/mol. The van der Waals surface area contributed by atoms with Crippen molar-refractivity contribution in [3.8, 4) is 0 Å². The van der Waals surface area contributed by atoms with Crippen LogP contribution in [0.1, 0.15) is 28.8 Å². The number of ketones is 1. The summed E-state index contributed by atoms with van der Waals surface area (Å²) in [4.78, 5) is 25.2. The van der Waals surface area contributed by atoms with Crippen molar-refractivity contribution < 1.29 is 9.59 Å². The molecule has 0 aromatic heterocycles. The lowest BCUT2D eigenvalue weighted by Gasteiger charge is -2.26. The first-order chi connectivity index (χ1) is 8.08. The fourth-order valence-electron chi connectivity index (χ4n) is 1.98. The highest BCUT2D eigenvalue weighted by molar-refractivity contribution is 9.10. The van der Waals surface area contributed by atoms with Crippen molar-refractivity contribution >= 4 is 27.6 Å². The van der Waals surface area contributed by atoms with Crippen LogP contribution in [0.3, 0.4) is 0 Å². The van der Waals surface area contributed by atoms with Gasteiger partial charge in [0.25, 0.3) is 5.91 Å². The second-order valence-electron chi connectivity index (χ2n) is 4.35. The molecule has 1 heterocycles. The van der Waals surface area contributed by atoms with Gasteiger partial charge in [0.2, 0.25) is 0 Å². The SMILES string of the molecule is Cc1ccc(Br)c(C(=O)N2CCCC(=O)C2)c1. The van der Waals surface area contributed by atoms with E-state index in [1.807, 2.05) is 25.1 Å². The summed E-state index contributed by atoms with van der Waals surface area (Å²) in [6, 6.07) is 5.67. The summed E-state index contributed by atoms with van der Waals surface area (Å²) < 4.78 is 0.783. The molecule has 1 aromatic rings. The lowest BCUT2D eigenvalue weighted by Crippen LogP contribution is -2.40. The summed E-state index contributed by atoms with van der Waals surface area (Å²) in [5.41, 5.74) is 1.68. The van der Waals surface area contributed by atoms with Crippen molar-refractivity contribution in [2.24, 2.45) is 0 Å². The number of hydrogen-bond acceptors (Lipinski definition) is 2.